The molecule has 0 aromatic carbocycles. The maximum atomic E-state index is 3.77. The fourth-order valence-corrected chi connectivity index (χ4v) is 3.74. The SMILES string of the molecule is CNCCNC1C(C)CC2CCCC1C2. The molecular weight excluding hydrogens is 184 g/mol. The molecule has 4 unspecified atom stereocenters. The molecule has 2 bridgehead atoms. The minimum Gasteiger partial charge on any atom is -0.318 e. The van der Waals surface area contributed by atoms with Crippen LogP contribution in [0.25, 0.3) is 0 Å². The molecule has 0 spiro atoms. The summed E-state index contributed by atoms with van der Waals surface area (Å²) in [5, 5.41) is 6.98. The summed E-state index contributed by atoms with van der Waals surface area (Å²) < 4.78 is 0. The number of fused-ring (bicyclic) bond motifs is 2. The highest BCUT2D eigenvalue weighted by Crippen LogP contribution is 2.42. The molecule has 88 valence electrons. The van der Waals surface area contributed by atoms with Crippen LogP contribution >= 0.6 is 0 Å². The van der Waals surface area contributed by atoms with Crippen LogP contribution in [0.1, 0.15) is 39.0 Å². The molecule has 0 amide bonds. The normalized spacial score (nSPS) is 40.4. The molecule has 2 fully saturated rings. The van der Waals surface area contributed by atoms with Gasteiger partial charge in [0.2, 0.25) is 0 Å². The van der Waals surface area contributed by atoms with Crippen LogP contribution in [0.4, 0.5) is 0 Å². The first kappa shape index (κ1) is 11.4. The lowest BCUT2D eigenvalue weighted by atomic mass is 9.66. The van der Waals surface area contributed by atoms with Gasteiger partial charge >= 0.3 is 0 Å². The Bertz CT molecular complexity index is 191. The van der Waals surface area contributed by atoms with Crippen LogP contribution in [-0.2, 0) is 0 Å². The summed E-state index contributed by atoms with van der Waals surface area (Å²) >= 11 is 0. The third-order valence-corrected chi connectivity index (χ3v) is 4.40. The first-order chi connectivity index (χ1) is 7.31. The van der Waals surface area contributed by atoms with Gasteiger partial charge in [0.05, 0.1) is 0 Å². The van der Waals surface area contributed by atoms with E-state index in [1.165, 1.54) is 32.1 Å². The lowest BCUT2D eigenvalue weighted by molar-refractivity contribution is 0.0977. The fraction of sp³-hybridized carbons (Fsp3) is 1.00. The molecule has 0 aliphatic heterocycles. The van der Waals surface area contributed by atoms with Crippen LogP contribution in [0, 0.1) is 17.8 Å². The van der Waals surface area contributed by atoms with Crippen LogP contribution in [0.3, 0.4) is 0 Å². The number of nitrogens with one attached hydrogen (secondary N) is 2. The molecule has 2 saturated carbocycles. The molecule has 2 aliphatic rings. The summed E-state index contributed by atoms with van der Waals surface area (Å²) in [6.07, 6.45) is 7.42. The highest BCUT2D eigenvalue weighted by molar-refractivity contribution is 4.91. The third-order valence-electron chi connectivity index (χ3n) is 4.40. The van der Waals surface area contributed by atoms with E-state index >= 15 is 0 Å². The van der Waals surface area contributed by atoms with Crippen molar-refractivity contribution in [3.05, 3.63) is 0 Å². The maximum absolute atomic E-state index is 3.77. The minimum absolute atomic E-state index is 0.801. The van der Waals surface area contributed by atoms with Crippen molar-refractivity contribution in [1.29, 1.82) is 0 Å². The van der Waals surface area contributed by atoms with E-state index in [2.05, 4.69) is 17.6 Å². The number of likely N-dealkylation sites (N-methyl/N-ethyl adjacent to an activating group) is 1. The van der Waals surface area contributed by atoms with Crippen LogP contribution < -0.4 is 10.6 Å². The van der Waals surface area contributed by atoms with E-state index in [0.717, 1.165) is 36.9 Å². The molecule has 0 heterocycles. The Balaban J connectivity index is 1.85. The van der Waals surface area contributed by atoms with Gasteiger partial charge in [-0.1, -0.05) is 19.8 Å². The summed E-state index contributed by atoms with van der Waals surface area (Å²) in [7, 11) is 2.03. The highest BCUT2D eigenvalue weighted by Gasteiger charge is 2.37. The van der Waals surface area contributed by atoms with E-state index in [-0.39, 0.29) is 0 Å². The molecule has 2 heteroatoms. The van der Waals surface area contributed by atoms with E-state index < -0.39 is 0 Å². The van der Waals surface area contributed by atoms with Crippen LogP contribution in [0.5, 0.6) is 0 Å². The molecule has 0 aromatic rings. The smallest absolute Gasteiger partial charge is 0.0122 e. The van der Waals surface area contributed by atoms with Gasteiger partial charge in [-0.25, -0.2) is 0 Å². The Hall–Kier alpha value is -0.0800. The second-order valence-electron chi connectivity index (χ2n) is 5.59. The average Bonchev–Trinajstić information content (AvgIpc) is 2.23. The van der Waals surface area contributed by atoms with Gasteiger partial charge in [0.1, 0.15) is 0 Å². The predicted octanol–water partition coefficient (Wildman–Crippen LogP) is 2.01. The van der Waals surface area contributed by atoms with Crippen molar-refractivity contribution in [3.8, 4) is 0 Å². The monoisotopic (exact) mass is 210 g/mol. The molecule has 2 aliphatic carbocycles. The number of rotatable bonds is 4. The molecule has 0 saturated heterocycles. The Morgan fingerprint density at radius 2 is 2.00 bits per heavy atom. The molecule has 2 nitrogen and oxygen atoms in total. The Kier molecular flexibility index (Phi) is 4.04. The second kappa shape index (κ2) is 5.31. The van der Waals surface area contributed by atoms with Crippen LogP contribution in [0.15, 0.2) is 0 Å². The largest absolute Gasteiger partial charge is 0.318 e. The zero-order chi connectivity index (χ0) is 10.7. The van der Waals surface area contributed by atoms with Crippen molar-refractivity contribution in [2.45, 2.75) is 45.1 Å². The fourth-order valence-electron chi connectivity index (χ4n) is 3.74. The number of hydrogen-bond donors (Lipinski definition) is 2. The molecule has 0 radical (unpaired) electrons. The summed E-state index contributed by atoms with van der Waals surface area (Å²) in [5.41, 5.74) is 0. The average molecular weight is 210 g/mol. The minimum atomic E-state index is 0.801. The summed E-state index contributed by atoms with van der Waals surface area (Å²) in [5.74, 6) is 2.93. The summed E-state index contributed by atoms with van der Waals surface area (Å²) in [6, 6.07) is 0.801. The molecular formula is C13H26N2. The highest BCUT2D eigenvalue weighted by atomic mass is 15.0. The molecule has 2 N–H and O–H groups in total. The van der Waals surface area contributed by atoms with E-state index in [1.807, 2.05) is 7.05 Å². The summed E-state index contributed by atoms with van der Waals surface area (Å²) in [6.45, 7) is 4.67. The topological polar surface area (TPSA) is 24.1 Å². The van der Waals surface area contributed by atoms with Gasteiger partial charge in [-0.3, -0.25) is 0 Å². The first-order valence-corrected chi connectivity index (χ1v) is 6.69. The van der Waals surface area contributed by atoms with Gasteiger partial charge in [0.15, 0.2) is 0 Å². The Morgan fingerprint density at radius 3 is 2.80 bits per heavy atom. The van der Waals surface area contributed by atoms with Gasteiger partial charge in [-0.05, 0) is 44.1 Å². The first-order valence-electron chi connectivity index (χ1n) is 6.69. The number of hydrogen-bond acceptors (Lipinski definition) is 2. The molecule has 2 rings (SSSR count). The van der Waals surface area contributed by atoms with Crippen molar-refractivity contribution in [2.75, 3.05) is 20.1 Å². The van der Waals surface area contributed by atoms with Crippen molar-refractivity contribution >= 4 is 0 Å². The van der Waals surface area contributed by atoms with Crippen molar-refractivity contribution in [3.63, 3.8) is 0 Å². The van der Waals surface area contributed by atoms with Crippen LogP contribution in [-0.4, -0.2) is 26.2 Å². The lowest BCUT2D eigenvalue weighted by Gasteiger charge is -2.44. The van der Waals surface area contributed by atoms with E-state index in [4.69, 9.17) is 0 Å². The zero-order valence-corrected chi connectivity index (χ0v) is 10.3. The zero-order valence-electron chi connectivity index (χ0n) is 10.3. The molecule has 4 atom stereocenters. The predicted molar refractivity (Wildman–Crippen MR) is 64.9 cm³/mol. The summed E-state index contributed by atoms with van der Waals surface area (Å²) in [4.78, 5) is 0. The Labute approximate surface area is 94.2 Å². The third kappa shape index (κ3) is 2.73. The van der Waals surface area contributed by atoms with Crippen LogP contribution in [0.2, 0.25) is 0 Å². The lowest BCUT2D eigenvalue weighted by Crippen LogP contribution is -2.48. The molecule has 15 heavy (non-hydrogen) atoms. The van der Waals surface area contributed by atoms with E-state index in [9.17, 15) is 0 Å². The van der Waals surface area contributed by atoms with Gasteiger partial charge in [0.25, 0.3) is 0 Å². The van der Waals surface area contributed by atoms with E-state index in [1.54, 1.807) is 0 Å². The van der Waals surface area contributed by atoms with E-state index in [0.29, 0.717) is 0 Å². The maximum Gasteiger partial charge on any atom is 0.0122 e. The Morgan fingerprint density at radius 1 is 1.13 bits per heavy atom. The van der Waals surface area contributed by atoms with Crippen molar-refractivity contribution in [1.82, 2.24) is 10.6 Å². The van der Waals surface area contributed by atoms with Crippen molar-refractivity contribution < 1.29 is 0 Å². The van der Waals surface area contributed by atoms with Crippen molar-refractivity contribution in [2.24, 2.45) is 17.8 Å². The quantitative estimate of drug-likeness (QED) is 0.694. The van der Waals surface area contributed by atoms with Gasteiger partial charge < -0.3 is 10.6 Å². The second-order valence-corrected chi connectivity index (χ2v) is 5.59. The van der Waals surface area contributed by atoms with Gasteiger partial charge in [-0.2, -0.15) is 0 Å². The van der Waals surface area contributed by atoms with Gasteiger partial charge in [0, 0.05) is 19.1 Å². The molecule has 0 aromatic heterocycles. The van der Waals surface area contributed by atoms with Gasteiger partial charge in [-0.15, -0.1) is 0 Å². The standard InChI is InChI=1S/C13H26N2/c1-10-8-11-4-3-5-12(9-11)13(10)15-7-6-14-2/h10-15H,3-9H2,1-2H3.